The van der Waals surface area contributed by atoms with E-state index in [0.717, 1.165) is 16.8 Å². The Morgan fingerprint density at radius 2 is 1.07 bits per heavy atom. The molecule has 8 aromatic rings. The van der Waals surface area contributed by atoms with Crippen LogP contribution in [0.1, 0.15) is 16.7 Å². The molecule has 1 nitrogen and oxygen atoms in total. The van der Waals surface area contributed by atoms with Crippen LogP contribution < -0.4 is 0 Å². The van der Waals surface area contributed by atoms with Crippen molar-refractivity contribution in [3.8, 4) is 22.4 Å². The summed E-state index contributed by atoms with van der Waals surface area (Å²) in [6.45, 7) is 6.63. The van der Waals surface area contributed by atoms with E-state index in [4.69, 9.17) is 4.98 Å². The lowest BCUT2D eigenvalue weighted by Crippen LogP contribution is -1.90. The molecule has 0 unspecified atom stereocenters. The second-order valence-corrected chi connectivity index (χ2v) is 12.0. The summed E-state index contributed by atoms with van der Waals surface area (Å²) in [5.41, 5.74) is 9.69. The topological polar surface area (TPSA) is 12.9 Å². The van der Waals surface area contributed by atoms with E-state index < -0.39 is 0 Å². The van der Waals surface area contributed by atoms with Crippen molar-refractivity contribution in [2.24, 2.45) is 0 Å². The molecule has 0 aliphatic carbocycles. The Morgan fingerprint density at radius 1 is 0.475 bits per heavy atom. The van der Waals surface area contributed by atoms with E-state index in [1.54, 1.807) is 0 Å². The van der Waals surface area contributed by atoms with Crippen molar-refractivity contribution in [3.05, 3.63) is 126 Å². The van der Waals surface area contributed by atoms with Gasteiger partial charge in [0.05, 0.1) is 11.2 Å². The normalized spacial score (nSPS) is 11.9. The number of benzene rings is 6. The van der Waals surface area contributed by atoms with Crippen molar-refractivity contribution in [3.63, 3.8) is 0 Å². The van der Waals surface area contributed by atoms with Crippen LogP contribution in [0.2, 0.25) is 0 Å². The molecule has 0 aliphatic heterocycles. The third kappa shape index (κ3) is 3.50. The first kappa shape index (κ1) is 23.4. The summed E-state index contributed by atoms with van der Waals surface area (Å²) in [7, 11) is 0. The maximum atomic E-state index is 5.30. The minimum absolute atomic E-state index is 1.00. The van der Waals surface area contributed by atoms with Gasteiger partial charge in [-0.05, 0) is 95.6 Å². The summed E-state index contributed by atoms with van der Waals surface area (Å²) in [6.07, 6.45) is 0. The number of nitrogens with zero attached hydrogens (tertiary/aromatic N) is 1. The molecule has 0 fully saturated rings. The Hall–Kier alpha value is -4.53. The number of aromatic nitrogens is 1. The lowest BCUT2D eigenvalue weighted by atomic mass is 9.95. The molecular weight excluding hydrogens is 502 g/mol. The molecule has 0 amide bonds. The number of fused-ring (bicyclic) bond motifs is 9. The second-order valence-electron chi connectivity index (χ2n) is 11.0. The third-order valence-corrected chi connectivity index (χ3v) is 9.59. The molecule has 8 rings (SSSR count). The zero-order chi connectivity index (χ0) is 27.0. The molecule has 0 atom stereocenters. The molecule has 0 saturated heterocycles. The zero-order valence-electron chi connectivity index (χ0n) is 22.7. The van der Waals surface area contributed by atoms with Crippen molar-refractivity contribution >= 4 is 64.0 Å². The fourth-order valence-corrected chi connectivity index (χ4v) is 7.72. The molecule has 0 N–H and O–H groups in total. The van der Waals surface area contributed by atoms with Crippen LogP contribution in [0.3, 0.4) is 0 Å². The molecule has 2 aromatic heterocycles. The quantitative estimate of drug-likeness (QED) is 0.203. The maximum Gasteiger partial charge on any atom is 0.0794 e. The molecule has 0 radical (unpaired) electrons. The maximum absolute atomic E-state index is 5.30. The highest BCUT2D eigenvalue weighted by Gasteiger charge is 2.15. The smallest absolute Gasteiger partial charge is 0.0794 e. The summed E-state index contributed by atoms with van der Waals surface area (Å²) in [5, 5.41) is 8.90. The largest absolute Gasteiger partial charge is 0.247 e. The van der Waals surface area contributed by atoms with Gasteiger partial charge in [-0.15, -0.1) is 11.3 Å². The van der Waals surface area contributed by atoms with Gasteiger partial charge in [0.25, 0.3) is 0 Å². The van der Waals surface area contributed by atoms with E-state index in [0.29, 0.717) is 0 Å². The highest BCUT2D eigenvalue weighted by molar-refractivity contribution is 7.26. The van der Waals surface area contributed by atoms with E-state index in [9.17, 15) is 0 Å². The van der Waals surface area contributed by atoms with Gasteiger partial charge in [0.1, 0.15) is 0 Å². The fourth-order valence-electron chi connectivity index (χ4n) is 6.46. The average molecular weight is 530 g/mol. The van der Waals surface area contributed by atoms with Crippen LogP contribution in [0.4, 0.5) is 0 Å². The van der Waals surface area contributed by atoms with Crippen LogP contribution in [0, 0.1) is 20.8 Å². The van der Waals surface area contributed by atoms with Crippen LogP contribution in [-0.2, 0) is 0 Å². The van der Waals surface area contributed by atoms with Crippen molar-refractivity contribution in [2.75, 3.05) is 0 Å². The summed E-state index contributed by atoms with van der Waals surface area (Å²) < 4.78 is 2.74. The molecule has 2 heteroatoms. The van der Waals surface area contributed by atoms with Crippen LogP contribution in [-0.4, -0.2) is 4.98 Å². The standard InChI is InChI=1S/C38H27NS/c1-22-17-24(3)37-33(19-22)34-20-23(2)18-32(38(34)40-37)25-9-8-10-26(21-25)35-16-15-31-29-13-5-4-11-27(29)28-12-6-7-14-30(28)36(31)39-35/h4-21H,1-3H3. The Balaban J connectivity index is 1.35. The predicted octanol–water partition coefficient (Wildman–Crippen LogP) is 11.2. The van der Waals surface area contributed by atoms with Crippen LogP contribution >= 0.6 is 11.3 Å². The number of hydrogen-bond acceptors (Lipinski definition) is 2. The van der Waals surface area contributed by atoms with Crippen molar-refractivity contribution in [1.82, 2.24) is 4.98 Å². The minimum atomic E-state index is 1.00. The summed E-state index contributed by atoms with van der Waals surface area (Å²) in [6, 6.07) is 40.0. The fraction of sp³-hybridized carbons (Fsp3) is 0.0789. The van der Waals surface area contributed by atoms with Crippen molar-refractivity contribution < 1.29 is 0 Å². The summed E-state index contributed by atoms with van der Waals surface area (Å²) in [4.78, 5) is 5.30. The lowest BCUT2D eigenvalue weighted by molar-refractivity contribution is 1.41. The Morgan fingerprint density at radius 3 is 1.82 bits per heavy atom. The van der Waals surface area contributed by atoms with E-state index in [2.05, 4.69) is 130 Å². The van der Waals surface area contributed by atoms with Gasteiger partial charge in [0, 0.05) is 36.5 Å². The van der Waals surface area contributed by atoms with Gasteiger partial charge in [-0.1, -0.05) is 78.4 Å². The first-order chi connectivity index (χ1) is 19.5. The number of pyridine rings is 1. The number of rotatable bonds is 2. The van der Waals surface area contributed by atoms with Crippen LogP contribution in [0.5, 0.6) is 0 Å². The first-order valence-corrected chi connectivity index (χ1v) is 14.6. The van der Waals surface area contributed by atoms with E-state index in [-0.39, 0.29) is 0 Å². The zero-order valence-corrected chi connectivity index (χ0v) is 23.6. The molecular formula is C38H27NS. The van der Waals surface area contributed by atoms with Gasteiger partial charge in [0.15, 0.2) is 0 Å². The van der Waals surface area contributed by atoms with Crippen molar-refractivity contribution in [2.45, 2.75) is 20.8 Å². The molecule has 0 bridgehead atoms. The van der Waals surface area contributed by atoms with Crippen LogP contribution in [0.15, 0.2) is 109 Å². The summed E-state index contributed by atoms with van der Waals surface area (Å²) in [5.74, 6) is 0. The average Bonchev–Trinajstić information content (AvgIpc) is 3.35. The monoisotopic (exact) mass is 529 g/mol. The first-order valence-electron chi connectivity index (χ1n) is 13.8. The SMILES string of the molecule is Cc1cc(C)c2sc3c(-c4cccc(-c5ccc6c7ccccc7c7ccccc7c6n5)c4)cc(C)cc3c2c1. The van der Waals surface area contributed by atoms with Gasteiger partial charge in [0.2, 0.25) is 0 Å². The lowest BCUT2D eigenvalue weighted by Gasteiger charge is -2.12. The van der Waals surface area contributed by atoms with Gasteiger partial charge in [-0.2, -0.15) is 0 Å². The molecule has 0 spiro atoms. The van der Waals surface area contributed by atoms with Gasteiger partial charge < -0.3 is 0 Å². The number of hydrogen-bond donors (Lipinski definition) is 0. The third-order valence-electron chi connectivity index (χ3n) is 8.20. The molecule has 40 heavy (non-hydrogen) atoms. The molecule has 0 saturated carbocycles. The van der Waals surface area contributed by atoms with Crippen molar-refractivity contribution in [1.29, 1.82) is 0 Å². The number of aryl methyl sites for hydroxylation is 3. The molecule has 0 aliphatic rings. The Kier molecular flexibility index (Phi) is 5.11. The number of thiophene rings is 1. The van der Waals surface area contributed by atoms with E-state index >= 15 is 0 Å². The second kappa shape index (κ2) is 8.74. The van der Waals surface area contributed by atoms with Gasteiger partial charge in [-0.25, -0.2) is 4.98 Å². The molecule has 2 heterocycles. The Labute approximate surface area is 237 Å². The molecule has 190 valence electrons. The minimum Gasteiger partial charge on any atom is -0.247 e. The van der Waals surface area contributed by atoms with Gasteiger partial charge in [-0.3, -0.25) is 0 Å². The van der Waals surface area contributed by atoms with E-state index in [1.165, 1.54) is 74.9 Å². The summed E-state index contributed by atoms with van der Waals surface area (Å²) >= 11 is 1.92. The highest BCUT2D eigenvalue weighted by Crippen LogP contribution is 2.43. The van der Waals surface area contributed by atoms with Crippen LogP contribution in [0.25, 0.3) is 75.0 Å². The predicted molar refractivity (Wildman–Crippen MR) is 175 cm³/mol. The van der Waals surface area contributed by atoms with Gasteiger partial charge >= 0.3 is 0 Å². The van der Waals surface area contributed by atoms with E-state index in [1.807, 2.05) is 11.3 Å². The highest BCUT2D eigenvalue weighted by atomic mass is 32.1. The molecule has 6 aromatic carbocycles. The Bertz CT molecular complexity index is 2270.